The highest BCUT2D eigenvalue weighted by Crippen LogP contribution is 2.34. The lowest BCUT2D eigenvalue weighted by Crippen LogP contribution is -2.68. The predicted molar refractivity (Wildman–Crippen MR) is 148 cm³/mol. The normalized spacial score (nSPS) is 15.0. The lowest BCUT2D eigenvalue weighted by atomic mass is 9.91. The molecule has 2 aromatic heterocycles. The first-order valence-electron chi connectivity index (χ1n) is 12.0. The van der Waals surface area contributed by atoms with E-state index in [1.54, 1.807) is 30.5 Å². The molecule has 0 saturated carbocycles. The Hall–Kier alpha value is -3.38. The van der Waals surface area contributed by atoms with Crippen LogP contribution in [0.25, 0.3) is 0 Å². The minimum atomic E-state index is -0.464. The minimum absolute atomic E-state index is 0.00649. The van der Waals surface area contributed by atoms with Gasteiger partial charge in [-0.25, -0.2) is 4.98 Å². The fourth-order valence-electron chi connectivity index (χ4n) is 4.47. The average Bonchev–Trinajstić information content (AvgIpc) is 2.86. The van der Waals surface area contributed by atoms with Crippen LogP contribution in [-0.2, 0) is 0 Å². The molecule has 0 unspecified atom stereocenters. The maximum Gasteiger partial charge on any atom is 0.146 e. The topological polar surface area (TPSA) is 124 Å². The number of nitriles is 1. The quantitative estimate of drug-likeness (QED) is 0.247. The fourth-order valence-corrected chi connectivity index (χ4v) is 5.14. The molecule has 3 heterocycles. The molecule has 1 aromatic carbocycles. The fraction of sp³-hybridized carbons (Fsp3) is 0.333. The van der Waals surface area contributed by atoms with Crippen LogP contribution in [0.3, 0.4) is 0 Å². The third kappa shape index (κ3) is 5.64. The Bertz CT molecular complexity index is 1350. The first-order chi connectivity index (χ1) is 17.7. The molecular formula is C27H29Cl2N7O. The number of halogens is 2. The Morgan fingerprint density at radius 2 is 1.97 bits per heavy atom. The number of benzene rings is 1. The number of nitrogens with zero attached hydrogens (tertiary/aromatic N) is 4. The van der Waals surface area contributed by atoms with Crippen LogP contribution in [-0.4, -0.2) is 40.9 Å². The summed E-state index contributed by atoms with van der Waals surface area (Å²) in [6, 6.07) is 9.02. The van der Waals surface area contributed by atoms with E-state index in [2.05, 4.69) is 40.1 Å². The Morgan fingerprint density at radius 1 is 1.27 bits per heavy atom. The summed E-state index contributed by atoms with van der Waals surface area (Å²) in [5, 5.41) is 23.0. The van der Waals surface area contributed by atoms with Crippen molar-refractivity contribution in [2.24, 2.45) is 0 Å². The molecule has 37 heavy (non-hydrogen) atoms. The van der Waals surface area contributed by atoms with Crippen molar-refractivity contribution in [2.45, 2.75) is 38.8 Å². The number of rotatable bonds is 9. The van der Waals surface area contributed by atoms with E-state index in [0.717, 1.165) is 26.1 Å². The van der Waals surface area contributed by atoms with Crippen LogP contribution in [0.5, 0.6) is 5.75 Å². The van der Waals surface area contributed by atoms with Gasteiger partial charge in [0.05, 0.1) is 26.9 Å². The number of hydrogen-bond donors (Lipinski definition) is 3. The number of nitrogens with two attached hydrogens (primary N) is 1. The summed E-state index contributed by atoms with van der Waals surface area (Å²) >= 11 is 12.5. The molecule has 0 amide bonds. The van der Waals surface area contributed by atoms with Gasteiger partial charge in [-0.2, -0.15) is 5.26 Å². The van der Waals surface area contributed by atoms with Crippen molar-refractivity contribution in [1.82, 2.24) is 15.3 Å². The van der Waals surface area contributed by atoms with Gasteiger partial charge in [0, 0.05) is 54.1 Å². The van der Waals surface area contributed by atoms with Crippen LogP contribution in [0.4, 0.5) is 11.5 Å². The maximum atomic E-state index is 9.81. The largest absolute Gasteiger partial charge is 0.486 e. The summed E-state index contributed by atoms with van der Waals surface area (Å²) < 4.78 is 6.08. The van der Waals surface area contributed by atoms with Crippen molar-refractivity contribution in [3.63, 3.8) is 0 Å². The van der Waals surface area contributed by atoms with E-state index in [-0.39, 0.29) is 11.3 Å². The molecule has 4 N–H and O–H groups in total. The second kappa shape index (κ2) is 10.9. The van der Waals surface area contributed by atoms with E-state index >= 15 is 0 Å². The zero-order chi connectivity index (χ0) is 26.7. The Kier molecular flexibility index (Phi) is 7.88. The predicted octanol–water partition coefficient (Wildman–Crippen LogP) is 5.37. The highest BCUT2D eigenvalue weighted by atomic mass is 35.5. The highest BCUT2D eigenvalue weighted by Gasteiger charge is 2.39. The molecular weight excluding hydrogens is 509 g/mol. The van der Waals surface area contributed by atoms with Gasteiger partial charge in [-0.05, 0) is 51.1 Å². The zero-order valence-electron chi connectivity index (χ0n) is 21.0. The van der Waals surface area contributed by atoms with Crippen molar-refractivity contribution in [3.8, 4) is 11.8 Å². The van der Waals surface area contributed by atoms with Gasteiger partial charge in [-0.15, -0.1) is 0 Å². The third-order valence-electron chi connectivity index (χ3n) is 6.36. The van der Waals surface area contributed by atoms with Crippen LogP contribution >= 0.6 is 23.2 Å². The maximum absolute atomic E-state index is 9.81. The molecule has 0 spiro atoms. The van der Waals surface area contributed by atoms with Crippen LogP contribution in [0.2, 0.25) is 10.0 Å². The lowest BCUT2D eigenvalue weighted by molar-refractivity contribution is 0.227. The molecule has 192 valence electrons. The first-order valence-corrected chi connectivity index (χ1v) is 12.8. The van der Waals surface area contributed by atoms with Crippen molar-refractivity contribution in [2.75, 3.05) is 30.3 Å². The molecule has 3 aromatic rings. The lowest BCUT2D eigenvalue weighted by Gasteiger charge is -2.49. The summed E-state index contributed by atoms with van der Waals surface area (Å²) in [5.41, 5.74) is 8.78. The van der Waals surface area contributed by atoms with Crippen molar-refractivity contribution in [1.29, 1.82) is 10.7 Å². The Morgan fingerprint density at radius 3 is 2.62 bits per heavy atom. The van der Waals surface area contributed by atoms with E-state index in [1.807, 2.05) is 6.92 Å². The smallest absolute Gasteiger partial charge is 0.146 e. The summed E-state index contributed by atoms with van der Waals surface area (Å²) in [6.45, 7) is 8.62. The SMILES string of the molecule is CCCNC1(C)CN(c2ncc(C(=N)c3cc(O[C@H](C)c4c(Cl)cncc4Cl)ccc3N)cc2C#N)C1. The number of aromatic nitrogens is 2. The molecule has 0 bridgehead atoms. The standard InChI is InChI=1S/C27H29Cl2N7O/c1-4-7-35-27(3)14-36(15-27)26-17(10-30)8-18(11-34-26)25(32)20-9-19(5-6-23(20)31)37-16(2)24-21(28)12-33-13-22(24)29/h5-6,8-9,11-13,16,32,35H,4,7,14-15,31H2,1-3H3/t16-/m1/s1. The Labute approximate surface area is 226 Å². The molecule has 1 aliphatic rings. The highest BCUT2D eigenvalue weighted by molar-refractivity contribution is 6.35. The molecule has 1 atom stereocenters. The Balaban J connectivity index is 1.54. The summed E-state index contributed by atoms with van der Waals surface area (Å²) in [4.78, 5) is 10.6. The number of nitrogens with one attached hydrogen (secondary N) is 2. The van der Waals surface area contributed by atoms with Gasteiger partial charge in [-0.3, -0.25) is 10.4 Å². The first kappa shape index (κ1) is 26.7. The van der Waals surface area contributed by atoms with Gasteiger partial charge in [0.1, 0.15) is 23.7 Å². The molecule has 1 fully saturated rings. The van der Waals surface area contributed by atoms with Crippen LogP contribution in [0, 0.1) is 16.7 Å². The van der Waals surface area contributed by atoms with Gasteiger partial charge < -0.3 is 20.7 Å². The second-order valence-corrected chi connectivity index (χ2v) is 10.3. The molecule has 1 aliphatic heterocycles. The summed E-state index contributed by atoms with van der Waals surface area (Å²) in [5.74, 6) is 1.12. The van der Waals surface area contributed by atoms with Crippen molar-refractivity contribution in [3.05, 3.63) is 75.2 Å². The van der Waals surface area contributed by atoms with Crippen molar-refractivity contribution < 1.29 is 4.74 Å². The van der Waals surface area contributed by atoms with E-state index in [9.17, 15) is 5.26 Å². The van der Waals surface area contributed by atoms with E-state index < -0.39 is 6.10 Å². The van der Waals surface area contributed by atoms with E-state index in [1.165, 1.54) is 12.4 Å². The van der Waals surface area contributed by atoms with E-state index in [4.69, 9.17) is 39.1 Å². The van der Waals surface area contributed by atoms with Gasteiger partial charge in [-0.1, -0.05) is 30.1 Å². The average molecular weight is 538 g/mol. The second-order valence-electron chi connectivity index (χ2n) is 9.45. The van der Waals surface area contributed by atoms with E-state index in [0.29, 0.717) is 49.6 Å². The number of ether oxygens (including phenoxy) is 1. The van der Waals surface area contributed by atoms with Crippen molar-refractivity contribution >= 4 is 40.4 Å². The van der Waals surface area contributed by atoms with Crippen LogP contribution in [0.1, 0.15) is 55.5 Å². The van der Waals surface area contributed by atoms with Gasteiger partial charge >= 0.3 is 0 Å². The molecule has 8 nitrogen and oxygen atoms in total. The summed E-state index contributed by atoms with van der Waals surface area (Å²) in [7, 11) is 0. The minimum Gasteiger partial charge on any atom is -0.486 e. The molecule has 1 saturated heterocycles. The van der Waals surface area contributed by atoms with Gasteiger partial charge in [0.2, 0.25) is 0 Å². The number of pyridine rings is 2. The monoisotopic (exact) mass is 537 g/mol. The third-order valence-corrected chi connectivity index (χ3v) is 6.96. The van der Waals surface area contributed by atoms with Gasteiger partial charge in [0.15, 0.2) is 0 Å². The number of hydrogen-bond acceptors (Lipinski definition) is 8. The molecule has 10 heteroatoms. The van der Waals surface area contributed by atoms with Crippen LogP contribution in [0.15, 0.2) is 42.9 Å². The number of anilines is 2. The van der Waals surface area contributed by atoms with Crippen LogP contribution < -0.4 is 20.7 Å². The molecule has 0 radical (unpaired) electrons. The zero-order valence-corrected chi connectivity index (χ0v) is 22.5. The molecule has 4 rings (SSSR count). The summed E-state index contributed by atoms with van der Waals surface area (Å²) in [6.07, 6.45) is 5.23. The molecule has 0 aliphatic carbocycles. The number of nitrogen functional groups attached to an aromatic ring is 1. The van der Waals surface area contributed by atoms with Gasteiger partial charge in [0.25, 0.3) is 0 Å².